The minimum Gasteiger partial charge on any atom is -0.398 e. The van der Waals surface area contributed by atoms with Gasteiger partial charge >= 0.3 is 0 Å². The summed E-state index contributed by atoms with van der Waals surface area (Å²) in [6.45, 7) is 3.64. The normalized spacial score (nSPS) is 8.29. The Morgan fingerprint density at radius 2 is 2.07 bits per heavy atom. The molecule has 1 rings (SSSR count). The second-order valence-corrected chi connectivity index (χ2v) is 2.43. The van der Waals surface area contributed by atoms with Gasteiger partial charge in [0.15, 0.2) is 0 Å². The molecule has 0 unspecified atom stereocenters. The maximum Gasteiger partial charge on any atom is 0.291 e. The molecule has 3 N–H and O–H groups in total. The van der Waals surface area contributed by atoms with Gasteiger partial charge in [-0.25, -0.2) is 0 Å². The molecule has 0 bridgehead atoms. The van der Waals surface area contributed by atoms with Gasteiger partial charge in [-0.05, 0) is 18.1 Å². The van der Waals surface area contributed by atoms with Crippen molar-refractivity contribution in [2.24, 2.45) is 0 Å². The van der Waals surface area contributed by atoms with Crippen LogP contribution in [-0.2, 0) is 6.42 Å². The van der Waals surface area contributed by atoms with Gasteiger partial charge in [0.25, 0.3) is 5.09 Å². The smallest absolute Gasteiger partial charge is 0.291 e. The Morgan fingerprint density at radius 3 is 2.50 bits per heavy atom. The number of hydrogen-bond acceptors (Lipinski definition) is 3. The zero-order valence-corrected chi connectivity index (χ0v) is 7.59. The minimum atomic E-state index is -1.50. The molecule has 0 radical (unpaired) electrons. The first-order valence-corrected chi connectivity index (χ1v) is 3.85. The van der Waals surface area contributed by atoms with E-state index >= 15 is 0 Å². The number of rotatable bonds is 2. The Balaban J connectivity index is 0.000000364. The Hall–Kier alpha value is -2.04. The SMILES string of the molecule is C=CCc1ccccc1N.O=[N+]([O-])O. The third kappa shape index (κ3) is 5.59. The van der Waals surface area contributed by atoms with Crippen LogP contribution in [0.4, 0.5) is 5.69 Å². The van der Waals surface area contributed by atoms with Crippen molar-refractivity contribution in [3.63, 3.8) is 0 Å². The lowest BCUT2D eigenvalue weighted by Crippen LogP contribution is -1.90. The van der Waals surface area contributed by atoms with Crippen molar-refractivity contribution in [2.75, 3.05) is 5.73 Å². The van der Waals surface area contributed by atoms with Gasteiger partial charge in [-0.2, -0.15) is 0 Å². The van der Waals surface area contributed by atoms with Crippen molar-refractivity contribution >= 4 is 5.69 Å². The molecule has 0 atom stereocenters. The van der Waals surface area contributed by atoms with Crippen molar-refractivity contribution in [3.05, 3.63) is 52.6 Å². The predicted octanol–water partition coefficient (Wildman–Crippen LogP) is 1.65. The van der Waals surface area contributed by atoms with E-state index in [0.29, 0.717) is 0 Å². The van der Waals surface area contributed by atoms with Crippen molar-refractivity contribution in [3.8, 4) is 0 Å². The molecular formula is C9H12N2O3. The molecule has 1 aromatic rings. The minimum absolute atomic E-state index is 0.849. The average Bonchev–Trinajstić information content (AvgIpc) is 2.08. The van der Waals surface area contributed by atoms with E-state index in [9.17, 15) is 0 Å². The van der Waals surface area contributed by atoms with E-state index < -0.39 is 5.09 Å². The lowest BCUT2D eigenvalue weighted by molar-refractivity contribution is -0.742. The Labute approximate surface area is 81.6 Å². The second-order valence-electron chi connectivity index (χ2n) is 2.43. The van der Waals surface area contributed by atoms with Crippen LogP contribution in [0.25, 0.3) is 0 Å². The quantitative estimate of drug-likeness (QED) is 0.325. The third-order valence-electron chi connectivity index (χ3n) is 1.42. The summed E-state index contributed by atoms with van der Waals surface area (Å²) in [5.74, 6) is 0. The molecule has 5 nitrogen and oxygen atoms in total. The number of nitrogen functional groups attached to an aromatic ring is 1. The summed E-state index contributed by atoms with van der Waals surface area (Å²) in [6, 6.07) is 7.83. The summed E-state index contributed by atoms with van der Waals surface area (Å²) in [6.07, 6.45) is 2.71. The van der Waals surface area contributed by atoms with E-state index in [1.807, 2.05) is 30.3 Å². The highest BCUT2D eigenvalue weighted by Gasteiger charge is 1.91. The predicted molar refractivity (Wildman–Crippen MR) is 53.5 cm³/mol. The summed E-state index contributed by atoms with van der Waals surface area (Å²) in [5.41, 5.74) is 7.66. The molecule has 0 aromatic heterocycles. The first-order chi connectivity index (χ1) is 6.57. The van der Waals surface area contributed by atoms with E-state index in [0.717, 1.165) is 17.7 Å². The molecule has 5 heteroatoms. The Kier molecular flexibility index (Phi) is 5.53. The Bertz CT molecular complexity index is 309. The fraction of sp³-hybridized carbons (Fsp3) is 0.111. The van der Waals surface area contributed by atoms with Crippen molar-refractivity contribution in [1.29, 1.82) is 0 Å². The molecule has 14 heavy (non-hydrogen) atoms. The number of nitrogens with two attached hydrogens (primary N) is 1. The van der Waals surface area contributed by atoms with Gasteiger partial charge < -0.3 is 10.9 Å². The van der Waals surface area contributed by atoms with Gasteiger partial charge in [0, 0.05) is 5.69 Å². The molecule has 0 amide bonds. The molecule has 0 saturated heterocycles. The lowest BCUT2D eigenvalue weighted by atomic mass is 10.1. The largest absolute Gasteiger partial charge is 0.398 e. The van der Waals surface area contributed by atoms with E-state index in [2.05, 4.69) is 6.58 Å². The van der Waals surface area contributed by atoms with Gasteiger partial charge in [0.2, 0.25) is 0 Å². The molecular weight excluding hydrogens is 184 g/mol. The molecule has 0 saturated carbocycles. The number of anilines is 1. The van der Waals surface area contributed by atoms with Gasteiger partial charge in [0.05, 0.1) is 0 Å². The highest BCUT2D eigenvalue weighted by Crippen LogP contribution is 2.10. The molecule has 0 aliphatic carbocycles. The first kappa shape index (κ1) is 12.0. The van der Waals surface area contributed by atoms with Gasteiger partial charge in [-0.15, -0.1) is 16.7 Å². The number of benzene rings is 1. The van der Waals surface area contributed by atoms with E-state index in [1.165, 1.54) is 0 Å². The average molecular weight is 196 g/mol. The van der Waals surface area contributed by atoms with E-state index in [4.69, 9.17) is 21.1 Å². The fourth-order valence-corrected chi connectivity index (χ4v) is 0.876. The topological polar surface area (TPSA) is 89.4 Å². The van der Waals surface area contributed by atoms with Crippen LogP contribution < -0.4 is 5.73 Å². The van der Waals surface area contributed by atoms with Crippen molar-refractivity contribution in [2.45, 2.75) is 6.42 Å². The molecule has 0 heterocycles. The highest BCUT2D eigenvalue weighted by molar-refractivity contribution is 5.46. The highest BCUT2D eigenvalue weighted by atomic mass is 16.9. The number of allylic oxidation sites excluding steroid dienone is 1. The standard InChI is InChI=1S/C9H11N.HNO3/c1-2-5-8-6-3-4-7-9(8)10;2-1(3)4/h2-4,6-7H,1,5,10H2;(H,2,3,4). The lowest BCUT2D eigenvalue weighted by Gasteiger charge is -1.99. The molecule has 0 spiro atoms. The van der Waals surface area contributed by atoms with Crippen molar-refractivity contribution < 1.29 is 10.3 Å². The van der Waals surface area contributed by atoms with Crippen LogP contribution in [0, 0.1) is 10.1 Å². The van der Waals surface area contributed by atoms with Crippen LogP contribution in [0.15, 0.2) is 36.9 Å². The molecule has 76 valence electrons. The van der Waals surface area contributed by atoms with Crippen LogP contribution in [0.5, 0.6) is 0 Å². The van der Waals surface area contributed by atoms with Crippen LogP contribution >= 0.6 is 0 Å². The van der Waals surface area contributed by atoms with Crippen molar-refractivity contribution in [1.82, 2.24) is 0 Å². The zero-order valence-electron chi connectivity index (χ0n) is 7.59. The summed E-state index contributed by atoms with van der Waals surface area (Å²) in [5, 5.41) is 13.6. The molecule has 0 aliphatic heterocycles. The molecule has 0 fully saturated rings. The van der Waals surface area contributed by atoms with Gasteiger partial charge in [0.1, 0.15) is 0 Å². The summed E-state index contributed by atoms with van der Waals surface area (Å²) < 4.78 is 0. The number of hydrogen-bond donors (Lipinski definition) is 2. The zero-order chi connectivity index (χ0) is 11.0. The van der Waals surface area contributed by atoms with Gasteiger partial charge in [-0.1, -0.05) is 24.3 Å². The summed E-state index contributed by atoms with van der Waals surface area (Å²) >= 11 is 0. The van der Waals surface area contributed by atoms with E-state index in [-0.39, 0.29) is 0 Å². The third-order valence-corrected chi connectivity index (χ3v) is 1.42. The maximum absolute atomic E-state index is 8.36. The number of nitrogens with zero attached hydrogens (tertiary/aromatic N) is 1. The second kappa shape index (κ2) is 6.47. The monoisotopic (exact) mass is 196 g/mol. The summed E-state index contributed by atoms with van der Waals surface area (Å²) in [7, 11) is 0. The summed E-state index contributed by atoms with van der Waals surface area (Å²) in [4.78, 5) is 8.36. The van der Waals surface area contributed by atoms with E-state index in [1.54, 1.807) is 0 Å². The first-order valence-electron chi connectivity index (χ1n) is 3.85. The molecule has 0 aliphatic rings. The van der Waals surface area contributed by atoms with Crippen LogP contribution in [-0.4, -0.2) is 10.3 Å². The van der Waals surface area contributed by atoms with Crippen LogP contribution in [0.2, 0.25) is 0 Å². The van der Waals surface area contributed by atoms with Crippen LogP contribution in [0.3, 0.4) is 0 Å². The molecule has 1 aromatic carbocycles. The number of para-hydroxylation sites is 1. The Morgan fingerprint density at radius 1 is 1.57 bits per heavy atom. The fourth-order valence-electron chi connectivity index (χ4n) is 0.876. The van der Waals surface area contributed by atoms with Gasteiger partial charge in [-0.3, -0.25) is 0 Å². The van der Waals surface area contributed by atoms with Crippen LogP contribution in [0.1, 0.15) is 5.56 Å². The maximum atomic E-state index is 8.36.